The van der Waals surface area contributed by atoms with Crippen LogP contribution in [0.5, 0.6) is 0 Å². The Morgan fingerprint density at radius 1 is 1.67 bits per heavy atom. The summed E-state index contributed by atoms with van der Waals surface area (Å²) in [6.45, 7) is 2.73. The number of carbonyl (C=O) groups is 1. The second kappa shape index (κ2) is 4.28. The molecule has 5 heteroatoms. The molecule has 0 bridgehead atoms. The molecule has 2 rings (SSSR count). The zero-order chi connectivity index (χ0) is 10.8. The number of aldehydes is 1. The Balaban J connectivity index is 2.23. The summed E-state index contributed by atoms with van der Waals surface area (Å²) in [5, 5.41) is 4.17. The molecular formula is C10H9BrN2OS. The molecule has 0 spiro atoms. The van der Waals surface area contributed by atoms with Gasteiger partial charge in [-0.25, -0.2) is 0 Å². The number of aryl methyl sites for hydroxylation is 1. The monoisotopic (exact) mass is 284 g/mol. The number of thiophene rings is 1. The van der Waals surface area contributed by atoms with E-state index < -0.39 is 0 Å². The van der Waals surface area contributed by atoms with Crippen molar-refractivity contribution < 1.29 is 4.79 Å². The van der Waals surface area contributed by atoms with Gasteiger partial charge in [0.05, 0.1) is 22.1 Å². The van der Waals surface area contributed by atoms with Gasteiger partial charge in [-0.05, 0) is 34.5 Å². The Morgan fingerprint density at radius 3 is 3.00 bits per heavy atom. The van der Waals surface area contributed by atoms with Gasteiger partial charge in [-0.3, -0.25) is 9.48 Å². The first-order chi connectivity index (χ1) is 7.19. The quantitative estimate of drug-likeness (QED) is 0.813. The zero-order valence-electron chi connectivity index (χ0n) is 8.11. The van der Waals surface area contributed by atoms with Crippen LogP contribution in [0.25, 0.3) is 0 Å². The van der Waals surface area contributed by atoms with Crippen LogP contribution in [-0.4, -0.2) is 16.1 Å². The van der Waals surface area contributed by atoms with Gasteiger partial charge in [0, 0.05) is 11.1 Å². The van der Waals surface area contributed by atoms with Gasteiger partial charge in [0.25, 0.3) is 0 Å². The van der Waals surface area contributed by atoms with Crippen LogP contribution >= 0.6 is 27.3 Å². The van der Waals surface area contributed by atoms with Gasteiger partial charge < -0.3 is 0 Å². The van der Waals surface area contributed by atoms with Crippen LogP contribution in [-0.2, 0) is 6.54 Å². The van der Waals surface area contributed by atoms with Crippen LogP contribution in [0.1, 0.15) is 20.1 Å². The number of hydrogen-bond donors (Lipinski definition) is 0. The molecule has 0 N–H and O–H groups in total. The van der Waals surface area contributed by atoms with Crippen molar-refractivity contribution in [2.24, 2.45) is 0 Å². The number of rotatable bonds is 3. The Bertz CT molecular complexity index is 489. The largest absolute Gasteiger partial charge is 0.297 e. The lowest BCUT2D eigenvalue weighted by Crippen LogP contribution is -1.99. The molecular weight excluding hydrogens is 276 g/mol. The number of nitrogens with zero attached hydrogens (tertiary/aromatic N) is 2. The van der Waals surface area contributed by atoms with E-state index in [-0.39, 0.29) is 0 Å². The summed E-state index contributed by atoms with van der Waals surface area (Å²) in [7, 11) is 0. The lowest BCUT2D eigenvalue weighted by atomic mass is 10.2. The smallest absolute Gasteiger partial charge is 0.160 e. The molecule has 2 aromatic heterocycles. The fourth-order valence-corrected chi connectivity index (χ4v) is 2.54. The third-order valence-corrected chi connectivity index (χ3v) is 3.52. The van der Waals surface area contributed by atoms with Crippen LogP contribution in [0.15, 0.2) is 22.9 Å². The van der Waals surface area contributed by atoms with Crippen LogP contribution < -0.4 is 0 Å². The molecule has 0 saturated heterocycles. The van der Waals surface area contributed by atoms with E-state index in [2.05, 4.69) is 21.0 Å². The van der Waals surface area contributed by atoms with Gasteiger partial charge in [0.15, 0.2) is 6.29 Å². The van der Waals surface area contributed by atoms with Gasteiger partial charge in [0.1, 0.15) is 0 Å². The number of hydrogen-bond acceptors (Lipinski definition) is 3. The highest BCUT2D eigenvalue weighted by Crippen LogP contribution is 2.21. The van der Waals surface area contributed by atoms with Crippen LogP contribution in [0, 0.1) is 6.92 Å². The van der Waals surface area contributed by atoms with Gasteiger partial charge in [-0.2, -0.15) is 5.10 Å². The average Bonchev–Trinajstić information content (AvgIpc) is 2.75. The molecule has 0 radical (unpaired) electrons. The lowest BCUT2D eigenvalue weighted by molar-refractivity contribution is 0.112. The zero-order valence-corrected chi connectivity index (χ0v) is 10.5. The summed E-state index contributed by atoms with van der Waals surface area (Å²) in [5.41, 5.74) is 1.15. The first kappa shape index (κ1) is 10.6. The maximum Gasteiger partial charge on any atom is 0.160 e. The van der Waals surface area contributed by atoms with Crippen molar-refractivity contribution in [3.8, 4) is 0 Å². The van der Waals surface area contributed by atoms with E-state index in [4.69, 9.17) is 0 Å². The van der Waals surface area contributed by atoms with E-state index in [9.17, 15) is 4.79 Å². The van der Waals surface area contributed by atoms with E-state index in [1.54, 1.807) is 6.20 Å². The SMILES string of the molecule is Cc1sc(C=O)cc1Cn1cc(Br)cn1. The van der Waals surface area contributed by atoms with E-state index in [1.807, 2.05) is 23.9 Å². The molecule has 0 aliphatic heterocycles. The second-order valence-corrected chi connectivity index (χ2v) is 5.41. The molecule has 2 aromatic rings. The van der Waals surface area contributed by atoms with E-state index in [1.165, 1.54) is 16.2 Å². The van der Waals surface area contributed by atoms with Crippen molar-refractivity contribution >= 4 is 33.6 Å². The highest BCUT2D eigenvalue weighted by molar-refractivity contribution is 9.10. The van der Waals surface area contributed by atoms with Crippen LogP contribution in [0.3, 0.4) is 0 Å². The average molecular weight is 285 g/mol. The Morgan fingerprint density at radius 2 is 2.47 bits per heavy atom. The molecule has 15 heavy (non-hydrogen) atoms. The van der Waals surface area contributed by atoms with Gasteiger partial charge in [0.2, 0.25) is 0 Å². The summed E-state index contributed by atoms with van der Waals surface area (Å²) in [6, 6.07) is 1.92. The third-order valence-electron chi connectivity index (χ3n) is 2.09. The minimum Gasteiger partial charge on any atom is -0.297 e. The molecule has 0 aliphatic carbocycles. The summed E-state index contributed by atoms with van der Waals surface area (Å²) < 4.78 is 2.80. The summed E-state index contributed by atoms with van der Waals surface area (Å²) >= 11 is 4.87. The van der Waals surface area contributed by atoms with Crippen molar-refractivity contribution in [3.63, 3.8) is 0 Å². The standard InChI is InChI=1S/C10H9BrN2OS/c1-7-8(2-10(6-14)15-7)4-13-5-9(11)3-12-13/h2-3,5-6H,4H2,1H3. The van der Waals surface area contributed by atoms with Gasteiger partial charge >= 0.3 is 0 Å². The molecule has 0 atom stereocenters. The molecule has 0 aliphatic rings. The first-order valence-electron chi connectivity index (χ1n) is 4.41. The van der Waals surface area contributed by atoms with Crippen molar-refractivity contribution in [2.45, 2.75) is 13.5 Å². The first-order valence-corrected chi connectivity index (χ1v) is 6.02. The molecule has 0 amide bonds. The minimum atomic E-state index is 0.710. The van der Waals surface area contributed by atoms with Crippen LogP contribution in [0.2, 0.25) is 0 Å². The van der Waals surface area contributed by atoms with E-state index in [0.29, 0.717) is 6.54 Å². The second-order valence-electron chi connectivity index (χ2n) is 3.20. The Hall–Kier alpha value is -0.940. The molecule has 2 heterocycles. The minimum absolute atomic E-state index is 0.710. The molecule has 78 valence electrons. The number of aromatic nitrogens is 2. The molecule has 0 unspecified atom stereocenters. The Kier molecular flexibility index (Phi) is 3.02. The van der Waals surface area contributed by atoms with Crippen molar-refractivity contribution in [1.29, 1.82) is 0 Å². The molecule has 0 aromatic carbocycles. The highest BCUT2D eigenvalue weighted by atomic mass is 79.9. The molecule has 3 nitrogen and oxygen atoms in total. The maximum absolute atomic E-state index is 10.6. The third kappa shape index (κ3) is 2.35. The van der Waals surface area contributed by atoms with E-state index in [0.717, 1.165) is 21.2 Å². The van der Waals surface area contributed by atoms with Gasteiger partial charge in [-0.1, -0.05) is 0 Å². The fourth-order valence-electron chi connectivity index (χ4n) is 1.36. The van der Waals surface area contributed by atoms with Gasteiger partial charge in [-0.15, -0.1) is 11.3 Å². The highest BCUT2D eigenvalue weighted by Gasteiger charge is 2.06. The van der Waals surface area contributed by atoms with Crippen molar-refractivity contribution in [2.75, 3.05) is 0 Å². The summed E-state index contributed by atoms with van der Waals surface area (Å²) in [4.78, 5) is 12.6. The van der Waals surface area contributed by atoms with Crippen molar-refractivity contribution in [3.05, 3.63) is 38.3 Å². The van der Waals surface area contributed by atoms with Crippen molar-refractivity contribution in [1.82, 2.24) is 9.78 Å². The number of carbonyl (C=O) groups excluding carboxylic acids is 1. The predicted molar refractivity (Wildman–Crippen MR) is 63.5 cm³/mol. The predicted octanol–water partition coefficient (Wildman–Crippen LogP) is 2.88. The summed E-state index contributed by atoms with van der Waals surface area (Å²) in [6.07, 6.45) is 4.56. The molecule has 0 saturated carbocycles. The lowest BCUT2D eigenvalue weighted by Gasteiger charge is -1.99. The maximum atomic E-state index is 10.6. The topological polar surface area (TPSA) is 34.9 Å². The number of halogens is 1. The summed E-state index contributed by atoms with van der Waals surface area (Å²) in [5.74, 6) is 0. The van der Waals surface area contributed by atoms with E-state index >= 15 is 0 Å². The molecule has 0 fully saturated rings. The fraction of sp³-hybridized carbons (Fsp3) is 0.200. The Labute approximate surface area is 99.9 Å². The van der Waals surface area contributed by atoms with Crippen LogP contribution in [0.4, 0.5) is 0 Å². The normalized spacial score (nSPS) is 10.5.